The van der Waals surface area contributed by atoms with E-state index in [4.69, 9.17) is 10.2 Å². The third kappa shape index (κ3) is 40.4. The molecule has 0 heterocycles. The van der Waals surface area contributed by atoms with E-state index in [2.05, 4.69) is 9.78 Å². The van der Waals surface area contributed by atoms with Gasteiger partial charge in [0.2, 0.25) is 0 Å². The van der Waals surface area contributed by atoms with Crippen molar-refractivity contribution in [2.24, 2.45) is 0 Å². The Labute approximate surface area is 48.6 Å². The molecule has 0 bridgehead atoms. The van der Waals surface area contributed by atoms with Crippen LogP contribution >= 0.6 is 0 Å². The summed E-state index contributed by atoms with van der Waals surface area (Å²) in [7, 11) is 2.92. The first-order valence-corrected chi connectivity index (χ1v) is 2.12. The van der Waals surface area contributed by atoms with Gasteiger partial charge in [-0.2, -0.15) is 0 Å². The van der Waals surface area contributed by atoms with Gasteiger partial charge in [-0.15, -0.1) is 0 Å². The minimum absolute atomic E-state index is 0.125. The minimum atomic E-state index is -0.125. The van der Waals surface area contributed by atoms with Crippen LogP contribution in [-0.2, 0) is 9.78 Å². The Bertz CT molecular complexity index is 16.0. The minimum Gasteiger partial charge on any atom is -0.394 e. The summed E-state index contributed by atoms with van der Waals surface area (Å²) in [5, 5.41) is 15.2. The molecule has 0 saturated heterocycles. The maximum Gasteiger partial charge on any atom is 0.0712 e. The molecule has 52 valence electrons. The fourth-order valence-electron chi connectivity index (χ4n) is 0. The topological polar surface area (TPSA) is 58.9 Å². The average Bonchev–Trinajstić information content (AvgIpc) is 1.88. The van der Waals surface area contributed by atoms with Crippen molar-refractivity contribution < 1.29 is 20.0 Å². The molecule has 0 rings (SSSR count). The molecule has 0 aromatic rings. The van der Waals surface area contributed by atoms with Crippen LogP contribution in [0, 0.1) is 0 Å². The second kappa shape index (κ2) is 15.8. The number of hydrogen-bond acceptors (Lipinski definition) is 4. The van der Waals surface area contributed by atoms with Gasteiger partial charge in [0.25, 0.3) is 0 Å². The highest BCUT2D eigenvalue weighted by molar-refractivity contribution is 4.06. The monoisotopic (exact) mass is 124 g/mol. The molecule has 4 heteroatoms. The van der Waals surface area contributed by atoms with Crippen LogP contribution in [0.2, 0.25) is 0 Å². The van der Waals surface area contributed by atoms with Crippen molar-refractivity contribution >= 4 is 0 Å². The third-order valence-corrected chi connectivity index (χ3v) is 0.267. The van der Waals surface area contributed by atoms with Gasteiger partial charge in [0.05, 0.1) is 27.4 Å². The van der Waals surface area contributed by atoms with Crippen LogP contribution in [0.1, 0.15) is 0 Å². The van der Waals surface area contributed by atoms with Gasteiger partial charge in [0, 0.05) is 0 Å². The van der Waals surface area contributed by atoms with Gasteiger partial charge in [-0.05, 0) is 0 Å². The highest BCUT2D eigenvalue weighted by atomic mass is 17.2. The van der Waals surface area contributed by atoms with E-state index in [9.17, 15) is 0 Å². The molecule has 0 atom stereocenters. The van der Waals surface area contributed by atoms with E-state index >= 15 is 0 Å². The van der Waals surface area contributed by atoms with E-state index in [0.717, 1.165) is 0 Å². The summed E-state index contributed by atoms with van der Waals surface area (Å²) in [6.07, 6.45) is 0. The van der Waals surface area contributed by atoms with Crippen molar-refractivity contribution in [2.45, 2.75) is 0 Å². The molecule has 0 fully saturated rings. The lowest BCUT2D eigenvalue weighted by molar-refractivity contribution is -0.248. The van der Waals surface area contributed by atoms with Gasteiger partial charge in [-0.1, -0.05) is 0 Å². The Morgan fingerprint density at radius 2 is 1.25 bits per heavy atom. The summed E-state index contributed by atoms with van der Waals surface area (Å²) < 4.78 is 0. The maximum atomic E-state index is 7.62. The van der Waals surface area contributed by atoms with Gasteiger partial charge in [-0.25, -0.2) is 9.78 Å². The highest BCUT2D eigenvalue weighted by Gasteiger charge is 1.58. The summed E-state index contributed by atoms with van der Waals surface area (Å²) >= 11 is 0. The standard InChI is InChI=1S/2C2H6O2/c1-3-4-2;3-1-2-4/h1-2H3;3-4H,1-2H2. The summed E-state index contributed by atoms with van der Waals surface area (Å²) in [4.78, 5) is 8.08. The van der Waals surface area contributed by atoms with E-state index in [1.807, 2.05) is 0 Å². The number of hydrogen-bond donors (Lipinski definition) is 2. The Hall–Kier alpha value is -0.160. The molecule has 2 N–H and O–H groups in total. The van der Waals surface area contributed by atoms with Gasteiger partial charge < -0.3 is 10.2 Å². The van der Waals surface area contributed by atoms with Crippen molar-refractivity contribution in [3.63, 3.8) is 0 Å². The van der Waals surface area contributed by atoms with E-state index in [1.165, 1.54) is 14.2 Å². The van der Waals surface area contributed by atoms with Crippen molar-refractivity contribution in [3.8, 4) is 0 Å². The van der Waals surface area contributed by atoms with Crippen LogP contribution in [0.15, 0.2) is 0 Å². The van der Waals surface area contributed by atoms with Gasteiger partial charge in [-0.3, -0.25) is 0 Å². The molecule has 0 spiro atoms. The summed E-state index contributed by atoms with van der Waals surface area (Å²) in [5.74, 6) is 0. The van der Waals surface area contributed by atoms with Gasteiger partial charge in [0.15, 0.2) is 0 Å². The van der Waals surface area contributed by atoms with Crippen LogP contribution in [0.4, 0.5) is 0 Å². The molecule has 0 radical (unpaired) electrons. The molecule has 0 saturated carbocycles. The van der Waals surface area contributed by atoms with Crippen molar-refractivity contribution in [1.82, 2.24) is 0 Å². The lowest BCUT2D eigenvalue weighted by Gasteiger charge is -1.78. The second-order valence-electron chi connectivity index (χ2n) is 0.781. The SMILES string of the molecule is COOC.OCCO. The lowest BCUT2D eigenvalue weighted by Crippen LogP contribution is -1.85. The predicted octanol–water partition coefficient (Wildman–Crippen LogP) is -0.835. The van der Waals surface area contributed by atoms with Gasteiger partial charge in [0.1, 0.15) is 0 Å². The molecular formula is C4H12O4. The van der Waals surface area contributed by atoms with E-state index in [1.54, 1.807) is 0 Å². The fourth-order valence-corrected chi connectivity index (χ4v) is 0. The molecule has 0 aromatic carbocycles. The molecule has 0 aliphatic carbocycles. The molecule has 0 aliphatic heterocycles. The predicted molar refractivity (Wildman–Crippen MR) is 28.2 cm³/mol. The molecular weight excluding hydrogens is 112 g/mol. The Balaban J connectivity index is 0. The molecule has 8 heavy (non-hydrogen) atoms. The first-order valence-electron chi connectivity index (χ1n) is 2.12. The van der Waals surface area contributed by atoms with Crippen molar-refractivity contribution in [3.05, 3.63) is 0 Å². The van der Waals surface area contributed by atoms with Crippen molar-refractivity contribution in [1.29, 1.82) is 0 Å². The Morgan fingerprint density at radius 1 is 1.00 bits per heavy atom. The second-order valence-corrected chi connectivity index (χ2v) is 0.781. The third-order valence-electron chi connectivity index (χ3n) is 0.267. The van der Waals surface area contributed by atoms with Crippen LogP contribution < -0.4 is 0 Å². The summed E-state index contributed by atoms with van der Waals surface area (Å²) in [6, 6.07) is 0. The zero-order chi connectivity index (χ0) is 6.83. The van der Waals surface area contributed by atoms with Crippen LogP contribution in [0.25, 0.3) is 0 Å². The molecule has 0 unspecified atom stereocenters. The zero-order valence-electron chi connectivity index (χ0n) is 5.13. The van der Waals surface area contributed by atoms with Crippen LogP contribution in [0.3, 0.4) is 0 Å². The van der Waals surface area contributed by atoms with E-state index in [0.29, 0.717) is 0 Å². The molecule has 4 nitrogen and oxygen atoms in total. The number of aliphatic hydroxyl groups excluding tert-OH is 2. The normalized spacial score (nSPS) is 7.50. The van der Waals surface area contributed by atoms with Crippen LogP contribution in [-0.4, -0.2) is 37.6 Å². The smallest absolute Gasteiger partial charge is 0.0712 e. The van der Waals surface area contributed by atoms with Gasteiger partial charge >= 0.3 is 0 Å². The zero-order valence-corrected chi connectivity index (χ0v) is 5.13. The first-order chi connectivity index (χ1) is 3.83. The number of rotatable bonds is 2. The largest absolute Gasteiger partial charge is 0.394 e. The van der Waals surface area contributed by atoms with Crippen LogP contribution in [0.5, 0.6) is 0 Å². The fraction of sp³-hybridized carbons (Fsp3) is 1.00. The molecule has 0 aromatic heterocycles. The maximum absolute atomic E-state index is 7.62. The van der Waals surface area contributed by atoms with E-state index < -0.39 is 0 Å². The first kappa shape index (κ1) is 10.8. The lowest BCUT2D eigenvalue weighted by atomic mass is 10.8. The quantitative estimate of drug-likeness (QED) is 0.372. The highest BCUT2D eigenvalue weighted by Crippen LogP contribution is 1.52. The Kier molecular flexibility index (Phi) is 21.3. The molecule has 0 amide bonds. The Morgan fingerprint density at radius 3 is 1.25 bits per heavy atom. The number of aliphatic hydroxyl groups is 2. The van der Waals surface area contributed by atoms with E-state index in [-0.39, 0.29) is 13.2 Å². The summed E-state index contributed by atoms with van der Waals surface area (Å²) in [6.45, 7) is -0.250. The summed E-state index contributed by atoms with van der Waals surface area (Å²) in [5.41, 5.74) is 0. The molecule has 0 aliphatic rings. The average molecular weight is 124 g/mol. The van der Waals surface area contributed by atoms with Crippen molar-refractivity contribution in [2.75, 3.05) is 27.4 Å².